The van der Waals surface area contributed by atoms with Gasteiger partial charge in [0.2, 0.25) is 5.91 Å². The smallest absolute Gasteiger partial charge is 0.224 e. The van der Waals surface area contributed by atoms with Gasteiger partial charge in [0.15, 0.2) is 0 Å². The molecule has 0 aromatic heterocycles. The highest BCUT2D eigenvalue weighted by atomic mass is 35.5. The highest BCUT2D eigenvalue weighted by molar-refractivity contribution is 6.30. The average Bonchev–Trinajstić information content (AvgIpc) is 2.14. The number of hydrogen-bond acceptors (Lipinski definition) is 1. The number of rotatable bonds is 5. The van der Waals surface area contributed by atoms with E-state index in [0.717, 1.165) is 12.0 Å². The molecule has 0 aliphatic heterocycles. The Hall–Kier alpha value is -0.730. The zero-order valence-electron chi connectivity index (χ0n) is 10.0. The fourth-order valence-electron chi connectivity index (χ4n) is 1.70. The molecule has 4 heteroatoms. The van der Waals surface area contributed by atoms with Gasteiger partial charge in [0, 0.05) is 16.4 Å². The minimum absolute atomic E-state index is 0.00270. The molecule has 17 heavy (non-hydrogen) atoms. The summed E-state index contributed by atoms with van der Waals surface area (Å²) in [6, 6.07) is 7.42. The Kier molecular flexibility index (Phi) is 5.79. The van der Waals surface area contributed by atoms with Crippen LogP contribution in [0.15, 0.2) is 24.3 Å². The number of carbonyl (C=O) groups is 1. The van der Waals surface area contributed by atoms with Crippen molar-refractivity contribution >= 4 is 29.1 Å². The van der Waals surface area contributed by atoms with Crippen LogP contribution >= 0.6 is 23.2 Å². The Morgan fingerprint density at radius 2 is 2.12 bits per heavy atom. The molecule has 0 radical (unpaired) electrons. The fourth-order valence-corrected chi connectivity index (χ4v) is 2.18. The summed E-state index contributed by atoms with van der Waals surface area (Å²) < 4.78 is 0. The molecule has 2 nitrogen and oxygen atoms in total. The molecule has 94 valence electrons. The standard InChI is InChI=1S/C13H17Cl2NO/c1-9(14)6-10(2)16-13(17)8-11-4-3-5-12(15)7-11/h3-5,7,9-10H,6,8H2,1-2H3,(H,16,17). The molecule has 2 atom stereocenters. The molecule has 0 spiro atoms. The van der Waals surface area contributed by atoms with Crippen LogP contribution in [0.4, 0.5) is 0 Å². The summed E-state index contributed by atoms with van der Waals surface area (Å²) in [6.07, 6.45) is 1.12. The summed E-state index contributed by atoms with van der Waals surface area (Å²) in [5.74, 6) is -0.00270. The molecular weight excluding hydrogens is 257 g/mol. The quantitative estimate of drug-likeness (QED) is 0.819. The van der Waals surface area contributed by atoms with Crippen molar-refractivity contribution in [1.82, 2.24) is 5.32 Å². The van der Waals surface area contributed by atoms with Gasteiger partial charge in [0.25, 0.3) is 0 Å². The molecule has 0 saturated carbocycles. The molecule has 0 aliphatic carbocycles. The van der Waals surface area contributed by atoms with Crippen molar-refractivity contribution in [2.45, 2.75) is 38.1 Å². The second-order valence-electron chi connectivity index (χ2n) is 4.29. The lowest BCUT2D eigenvalue weighted by Gasteiger charge is -2.15. The van der Waals surface area contributed by atoms with Crippen LogP contribution in [-0.2, 0) is 11.2 Å². The van der Waals surface area contributed by atoms with Crippen LogP contribution in [0.25, 0.3) is 0 Å². The third kappa shape index (κ3) is 5.94. The van der Waals surface area contributed by atoms with Gasteiger partial charge in [-0.2, -0.15) is 0 Å². The Morgan fingerprint density at radius 3 is 2.71 bits per heavy atom. The van der Waals surface area contributed by atoms with E-state index in [1.165, 1.54) is 0 Å². The van der Waals surface area contributed by atoms with Crippen LogP contribution in [0.1, 0.15) is 25.8 Å². The van der Waals surface area contributed by atoms with Gasteiger partial charge in [-0.3, -0.25) is 4.79 Å². The second kappa shape index (κ2) is 6.87. The van der Waals surface area contributed by atoms with E-state index >= 15 is 0 Å². The van der Waals surface area contributed by atoms with Crippen LogP contribution in [-0.4, -0.2) is 17.3 Å². The third-order valence-corrected chi connectivity index (χ3v) is 2.75. The Bertz CT molecular complexity index is 379. The number of alkyl halides is 1. The van der Waals surface area contributed by atoms with Crippen LogP contribution in [0.5, 0.6) is 0 Å². The molecule has 1 aromatic rings. The maximum absolute atomic E-state index is 11.7. The molecule has 0 fully saturated rings. The normalized spacial score (nSPS) is 14.1. The number of carbonyl (C=O) groups excluding carboxylic acids is 1. The first-order valence-corrected chi connectivity index (χ1v) is 6.46. The van der Waals surface area contributed by atoms with Crippen molar-refractivity contribution in [3.8, 4) is 0 Å². The van der Waals surface area contributed by atoms with E-state index in [2.05, 4.69) is 5.32 Å². The molecule has 0 bridgehead atoms. The first-order valence-electron chi connectivity index (χ1n) is 5.65. The predicted molar refractivity (Wildman–Crippen MR) is 72.7 cm³/mol. The van der Waals surface area contributed by atoms with Gasteiger partial charge in [0.05, 0.1) is 6.42 Å². The molecule has 1 N–H and O–H groups in total. The van der Waals surface area contributed by atoms with Gasteiger partial charge in [-0.15, -0.1) is 11.6 Å². The summed E-state index contributed by atoms with van der Waals surface area (Å²) in [6.45, 7) is 3.87. The Labute approximate surface area is 112 Å². The summed E-state index contributed by atoms with van der Waals surface area (Å²) >= 11 is 11.7. The first kappa shape index (κ1) is 14.3. The first-order chi connectivity index (χ1) is 7.97. The summed E-state index contributed by atoms with van der Waals surface area (Å²) in [5, 5.41) is 3.63. The molecule has 0 saturated heterocycles. The van der Waals surface area contributed by atoms with Crippen molar-refractivity contribution in [2.75, 3.05) is 0 Å². The van der Waals surface area contributed by atoms with E-state index in [4.69, 9.17) is 23.2 Å². The molecule has 1 amide bonds. The lowest BCUT2D eigenvalue weighted by Crippen LogP contribution is -2.34. The highest BCUT2D eigenvalue weighted by Gasteiger charge is 2.10. The predicted octanol–water partition coefficient (Wildman–Crippen LogP) is 3.40. The minimum Gasteiger partial charge on any atom is -0.353 e. The van der Waals surface area contributed by atoms with Gasteiger partial charge in [0.1, 0.15) is 0 Å². The van der Waals surface area contributed by atoms with Crippen molar-refractivity contribution in [1.29, 1.82) is 0 Å². The molecule has 0 aliphatic rings. The van der Waals surface area contributed by atoms with Gasteiger partial charge in [-0.1, -0.05) is 23.7 Å². The van der Waals surface area contributed by atoms with Crippen molar-refractivity contribution in [3.63, 3.8) is 0 Å². The van der Waals surface area contributed by atoms with E-state index in [1.807, 2.05) is 26.0 Å². The third-order valence-electron chi connectivity index (χ3n) is 2.34. The van der Waals surface area contributed by atoms with Crippen LogP contribution in [0.2, 0.25) is 5.02 Å². The van der Waals surface area contributed by atoms with E-state index in [9.17, 15) is 4.79 Å². The molecule has 1 aromatic carbocycles. The monoisotopic (exact) mass is 273 g/mol. The van der Waals surface area contributed by atoms with Crippen LogP contribution < -0.4 is 5.32 Å². The molecule has 2 unspecified atom stereocenters. The molecule has 1 rings (SSSR count). The number of benzene rings is 1. The number of amides is 1. The van der Waals surface area contributed by atoms with E-state index in [0.29, 0.717) is 11.4 Å². The van der Waals surface area contributed by atoms with E-state index in [-0.39, 0.29) is 17.3 Å². The van der Waals surface area contributed by atoms with Gasteiger partial charge < -0.3 is 5.32 Å². The van der Waals surface area contributed by atoms with Gasteiger partial charge in [-0.05, 0) is 38.0 Å². The largest absolute Gasteiger partial charge is 0.353 e. The van der Waals surface area contributed by atoms with Gasteiger partial charge in [-0.25, -0.2) is 0 Å². The summed E-state index contributed by atoms with van der Waals surface area (Å²) in [5.41, 5.74) is 0.918. The zero-order valence-corrected chi connectivity index (χ0v) is 11.6. The summed E-state index contributed by atoms with van der Waals surface area (Å²) in [4.78, 5) is 11.7. The lowest BCUT2D eigenvalue weighted by atomic mass is 10.1. The zero-order chi connectivity index (χ0) is 12.8. The average molecular weight is 274 g/mol. The number of nitrogens with one attached hydrogen (secondary N) is 1. The minimum atomic E-state index is -0.00270. The van der Waals surface area contributed by atoms with E-state index < -0.39 is 0 Å². The van der Waals surface area contributed by atoms with Crippen molar-refractivity contribution in [2.24, 2.45) is 0 Å². The number of halogens is 2. The van der Waals surface area contributed by atoms with Crippen molar-refractivity contribution in [3.05, 3.63) is 34.9 Å². The highest BCUT2D eigenvalue weighted by Crippen LogP contribution is 2.11. The Balaban J connectivity index is 2.44. The fraction of sp³-hybridized carbons (Fsp3) is 0.462. The topological polar surface area (TPSA) is 29.1 Å². The molecule has 0 heterocycles. The SMILES string of the molecule is CC(Cl)CC(C)NC(=O)Cc1cccc(Cl)c1. The van der Waals surface area contributed by atoms with Crippen LogP contribution in [0, 0.1) is 0 Å². The second-order valence-corrected chi connectivity index (χ2v) is 5.47. The number of hydrogen-bond donors (Lipinski definition) is 1. The van der Waals surface area contributed by atoms with Gasteiger partial charge >= 0.3 is 0 Å². The Morgan fingerprint density at radius 1 is 1.41 bits per heavy atom. The van der Waals surface area contributed by atoms with Crippen molar-refractivity contribution < 1.29 is 4.79 Å². The maximum Gasteiger partial charge on any atom is 0.224 e. The maximum atomic E-state index is 11.7. The molecular formula is C13H17Cl2NO. The van der Waals surface area contributed by atoms with Crippen LogP contribution in [0.3, 0.4) is 0 Å². The summed E-state index contributed by atoms with van der Waals surface area (Å²) in [7, 11) is 0. The lowest BCUT2D eigenvalue weighted by molar-refractivity contribution is -0.121. The van der Waals surface area contributed by atoms with E-state index in [1.54, 1.807) is 12.1 Å².